The van der Waals surface area contributed by atoms with Gasteiger partial charge in [0.1, 0.15) is 11.6 Å². The first kappa shape index (κ1) is 14.4. The van der Waals surface area contributed by atoms with Crippen molar-refractivity contribution in [1.29, 1.82) is 0 Å². The standard InChI is InChI=1S/C12H23N3OS/c1-5-6-13-12-15-14-11(17-12)8-16-10(4)7-9(2)3/h9-10H,5-8H2,1-4H3,(H,13,15). The second-order valence-electron chi connectivity index (χ2n) is 4.68. The minimum Gasteiger partial charge on any atom is -0.371 e. The third-order valence-corrected chi connectivity index (χ3v) is 3.14. The molecule has 1 rings (SSSR count). The Balaban J connectivity index is 2.29. The summed E-state index contributed by atoms with van der Waals surface area (Å²) in [6.07, 6.45) is 2.46. The van der Waals surface area contributed by atoms with Crippen LogP contribution in [0.3, 0.4) is 0 Å². The average Bonchev–Trinajstić information content (AvgIpc) is 2.70. The van der Waals surface area contributed by atoms with Gasteiger partial charge in [-0.1, -0.05) is 32.1 Å². The molecule has 0 bridgehead atoms. The van der Waals surface area contributed by atoms with Gasteiger partial charge in [-0.15, -0.1) is 10.2 Å². The van der Waals surface area contributed by atoms with Gasteiger partial charge in [0.15, 0.2) is 0 Å². The van der Waals surface area contributed by atoms with E-state index in [1.807, 2.05) is 0 Å². The van der Waals surface area contributed by atoms with Crippen molar-refractivity contribution in [2.75, 3.05) is 11.9 Å². The molecule has 0 spiro atoms. The molecule has 1 atom stereocenters. The smallest absolute Gasteiger partial charge is 0.205 e. The molecule has 0 saturated heterocycles. The van der Waals surface area contributed by atoms with Gasteiger partial charge in [-0.25, -0.2) is 0 Å². The summed E-state index contributed by atoms with van der Waals surface area (Å²) in [4.78, 5) is 0. The van der Waals surface area contributed by atoms with Gasteiger partial charge < -0.3 is 10.1 Å². The quantitative estimate of drug-likeness (QED) is 0.776. The molecule has 1 unspecified atom stereocenters. The lowest BCUT2D eigenvalue weighted by atomic mass is 10.1. The Labute approximate surface area is 108 Å². The third kappa shape index (κ3) is 5.98. The number of aromatic nitrogens is 2. The molecule has 4 nitrogen and oxygen atoms in total. The van der Waals surface area contributed by atoms with Crippen molar-refractivity contribution < 1.29 is 4.74 Å². The van der Waals surface area contributed by atoms with Gasteiger partial charge in [0.25, 0.3) is 0 Å². The van der Waals surface area contributed by atoms with Crippen LogP contribution in [0.2, 0.25) is 0 Å². The molecule has 0 aliphatic rings. The number of rotatable bonds is 8. The zero-order valence-electron chi connectivity index (χ0n) is 11.2. The summed E-state index contributed by atoms with van der Waals surface area (Å²) >= 11 is 1.58. The van der Waals surface area contributed by atoms with E-state index in [1.54, 1.807) is 11.3 Å². The number of hydrogen-bond donors (Lipinski definition) is 1. The molecule has 0 aliphatic carbocycles. The predicted octanol–water partition coefficient (Wildman–Crippen LogP) is 3.31. The van der Waals surface area contributed by atoms with E-state index < -0.39 is 0 Å². The van der Waals surface area contributed by atoms with E-state index >= 15 is 0 Å². The summed E-state index contributed by atoms with van der Waals surface area (Å²) in [7, 11) is 0. The summed E-state index contributed by atoms with van der Waals surface area (Å²) in [5.74, 6) is 0.668. The molecule has 1 heterocycles. The molecule has 0 radical (unpaired) electrons. The second kappa shape index (κ2) is 7.61. The molecule has 0 aromatic carbocycles. The van der Waals surface area contributed by atoms with Crippen LogP contribution in [0.25, 0.3) is 0 Å². The highest BCUT2D eigenvalue weighted by Crippen LogP contribution is 2.17. The number of nitrogens with one attached hydrogen (secondary N) is 1. The first-order valence-corrected chi connectivity index (χ1v) is 7.11. The average molecular weight is 257 g/mol. The van der Waals surface area contributed by atoms with E-state index in [9.17, 15) is 0 Å². The molecular weight excluding hydrogens is 234 g/mol. The van der Waals surface area contributed by atoms with Gasteiger partial charge in [-0.05, 0) is 25.7 Å². The van der Waals surface area contributed by atoms with E-state index in [-0.39, 0.29) is 6.10 Å². The Morgan fingerprint density at radius 2 is 2.06 bits per heavy atom. The molecule has 0 aliphatic heterocycles. The molecule has 0 saturated carbocycles. The number of anilines is 1. The van der Waals surface area contributed by atoms with Gasteiger partial charge in [0.05, 0.1) is 6.10 Å². The van der Waals surface area contributed by atoms with Gasteiger partial charge in [-0.2, -0.15) is 0 Å². The van der Waals surface area contributed by atoms with Crippen LogP contribution in [0.1, 0.15) is 45.5 Å². The zero-order valence-corrected chi connectivity index (χ0v) is 12.0. The maximum atomic E-state index is 5.74. The van der Waals surface area contributed by atoms with E-state index in [2.05, 4.69) is 43.2 Å². The largest absolute Gasteiger partial charge is 0.371 e. The Hall–Kier alpha value is -0.680. The van der Waals surface area contributed by atoms with Crippen LogP contribution >= 0.6 is 11.3 Å². The molecule has 1 aromatic rings. The van der Waals surface area contributed by atoms with E-state index in [1.165, 1.54) is 0 Å². The molecule has 17 heavy (non-hydrogen) atoms. The summed E-state index contributed by atoms with van der Waals surface area (Å²) in [5.41, 5.74) is 0. The van der Waals surface area contributed by atoms with Crippen molar-refractivity contribution >= 4 is 16.5 Å². The Morgan fingerprint density at radius 3 is 2.71 bits per heavy atom. The monoisotopic (exact) mass is 257 g/mol. The highest BCUT2D eigenvalue weighted by molar-refractivity contribution is 7.15. The highest BCUT2D eigenvalue weighted by Gasteiger charge is 2.08. The first-order valence-electron chi connectivity index (χ1n) is 6.29. The third-order valence-electron chi connectivity index (χ3n) is 2.29. The molecule has 0 amide bonds. The Morgan fingerprint density at radius 1 is 1.29 bits per heavy atom. The number of nitrogens with zero attached hydrogens (tertiary/aromatic N) is 2. The summed E-state index contributed by atoms with van der Waals surface area (Å²) in [5, 5.41) is 13.2. The van der Waals surface area contributed by atoms with Crippen molar-refractivity contribution in [2.24, 2.45) is 5.92 Å². The number of ether oxygens (including phenoxy) is 1. The summed E-state index contributed by atoms with van der Waals surface area (Å²) in [6.45, 7) is 10.2. The zero-order chi connectivity index (χ0) is 12.7. The maximum absolute atomic E-state index is 5.74. The van der Waals surface area contributed by atoms with Crippen molar-refractivity contribution in [2.45, 2.75) is 53.2 Å². The van der Waals surface area contributed by atoms with Crippen LogP contribution in [0.4, 0.5) is 5.13 Å². The van der Waals surface area contributed by atoms with Crippen LogP contribution in [0, 0.1) is 5.92 Å². The van der Waals surface area contributed by atoms with Gasteiger partial charge in [-0.3, -0.25) is 0 Å². The maximum Gasteiger partial charge on any atom is 0.205 e. The molecule has 5 heteroatoms. The van der Waals surface area contributed by atoms with Crippen LogP contribution < -0.4 is 5.32 Å². The molecule has 1 aromatic heterocycles. The van der Waals surface area contributed by atoms with E-state index in [4.69, 9.17) is 4.74 Å². The fraction of sp³-hybridized carbons (Fsp3) is 0.833. The summed E-state index contributed by atoms with van der Waals surface area (Å²) < 4.78 is 5.74. The highest BCUT2D eigenvalue weighted by atomic mass is 32.1. The van der Waals surface area contributed by atoms with Crippen molar-refractivity contribution in [3.05, 3.63) is 5.01 Å². The fourth-order valence-electron chi connectivity index (χ4n) is 1.56. The van der Waals surface area contributed by atoms with Crippen LogP contribution in [0.15, 0.2) is 0 Å². The van der Waals surface area contributed by atoms with Crippen molar-refractivity contribution in [3.63, 3.8) is 0 Å². The van der Waals surface area contributed by atoms with Gasteiger partial charge in [0.2, 0.25) is 5.13 Å². The van der Waals surface area contributed by atoms with Crippen LogP contribution in [0.5, 0.6) is 0 Å². The van der Waals surface area contributed by atoms with Gasteiger partial charge >= 0.3 is 0 Å². The lowest BCUT2D eigenvalue weighted by Gasteiger charge is -2.13. The number of hydrogen-bond acceptors (Lipinski definition) is 5. The van der Waals surface area contributed by atoms with Crippen LogP contribution in [-0.4, -0.2) is 22.8 Å². The van der Waals surface area contributed by atoms with Gasteiger partial charge in [0, 0.05) is 6.54 Å². The summed E-state index contributed by atoms with van der Waals surface area (Å²) in [6, 6.07) is 0. The van der Waals surface area contributed by atoms with Crippen molar-refractivity contribution in [1.82, 2.24) is 10.2 Å². The lowest BCUT2D eigenvalue weighted by Crippen LogP contribution is -2.10. The Bertz CT molecular complexity index is 314. The normalized spacial score (nSPS) is 13.0. The first-order chi connectivity index (χ1) is 8.11. The predicted molar refractivity (Wildman–Crippen MR) is 72.4 cm³/mol. The molecule has 98 valence electrons. The second-order valence-corrected chi connectivity index (χ2v) is 5.74. The van der Waals surface area contributed by atoms with E-state index in [0.717, 1.165) is 29.5 Å². The Kier molecular flexibility index (Phi) is 6.44. The fourth-order valence-corrected chi connectivity index (χ4v) is 2.25. The lowest BCUT2D eigenvalue weighted by molar-refractivity contribution is 0.0393. The SMILES string of the molecule is CCCNc1nnc(COC(C)CC(C)C)s1. The molecule has 1 N–H and O–H groups in total. The van der Waals surface area contributed by atoms with Crippen molar-refractivity contribution in [3.8, 4) is 0 Å². The minimum atomic E-state index is 0.283. The van der Waals surface area contributed by atoms with Crippen LogP contribution in [-0.2, 0) is 11.3 Å². The molecular formula is C12H23N3OS. The molecule has 0 fully saturated rings. The van der Waals surface area contributed by atoms with E-state index in [0.29, 0.717) is 12.5 Å². The minimum absolute atomic E-state index is 0.283. The topological polar surface area (TPSA) is 47.0 Å².